The zero-order chi connectivity index (χ0) is 20.6. The Bertz CT molecular complexity index is 750. The van der Waals surface area contributed by atoms with E-state index in [0.717, 1.165) is 5.75 Å². The zero-order valence-electron chi connectivity index (χ0n) is 17.5. The van der Waals surface area contributed by atoms with E-state index >= 15 is 0 Å². The van der Waals surface area contributed by atoms with Gasteiger partial charge in [-0.1, -0.05) is 45.9 Å². The molecule has 2 aromatic rings. The SMILES string of the molecule is CC[C@H](Oc1cccc(OC)c1)C(=O)NCCOc1ccc(C(C)(C)C)cc1. The lowest BCUT2D eigenvalue weighted by molar-refractivity contribution is -0.128. The van der Waals surface area contributed by atoms with E-state index in [1.54, 1.807) is 13.2 Å². The largest absolute Gasteiger partial charge is 0.497 e. The smallest absolute Gasteiger partial charge is 0.261 e. The Balaban J connectivity index is 1.78. The molecule has 0 aliphatic rings. The molecule has 0 spiro atoms. The first-order chi connectivity index (χ1) is 13.3. The third-order valence-electron chi connectivity index (χ3n) is 4.37. The van der Waals surface area contributed by atoms with Gasteiger partial charge in [0.2, 0.25) is 0 Å². The molecule has 0 bridgehead atoms. The molecule has 5 heteroatoms. The van der Waals surface area contributed by atoms with E-state index in [1.807, 2.05) is 37.3 Å². The summed E-state index contributed by atoms with van der Waals surface area (Å²) in [6, 6.07) is 15.3. The Labute approximate surface area is 168 Å². The van der Waals surface area contributed by atoms with Crippen molar-refractivity contribution in [2.45, 2.75) is 45.6 Å². The van der Waals surface area contributed by atoms with Crippen LogP contribution in [0.25, 0.3) is 0 Å². The minimum Gasteiger partial charge on any atom is -0.497 e. The van der Waals surface area contributed by atoms with Crippen LogP contribution < -0.4 is 19.5 Å². The van der Waals surface area contributed by atoms with Crippen LogP contribution in [0, 0.1) is 0 Å². The lowest BCUT2D eigenvalue weighted by Gasteiger charge is -2.19. The van der Waals surface area contributed by atoms with Crippen molar-refractivity contribution < 1.29 is 19.0 Å². The quantitative estimate of drug-likeness (QED) is 0.652. The molecular formula is C23H31NO4. The fourth-order valence-corrected chi connectivity index (χ4v) is 2.67. The Kier molecular flexibility index (Phi) is 7.73. The summed E-state index contributed by atoms with van der Waals surface area (Å²) in [6.45, 7) is 9.26. The van der Waals surface area contributed by atoms with Gasteiger partial charge in [-0.3, -0.25) is 4.79 Å². The van der Waals surface area contributed by atoms with Gasteiger partial charge in [0.05, 0.1) is 13.7 Å². The standard InChI is InChI=1S/C23H31NO4/c1-6-21(28-20-9-7-8-19(16-20)26-5)22(25)24-14-15-27-18-12-10-17(11-13-18)23(2,3)4/h7-13,16,21H,6,14-15H2,1-5H3,(H,24,25)/t21-/m0/s1. The third-order valence-corrected chi connectivity index (χ3v) is 4.37. The van der Waals surface area contributed by atoms with Crippen LogP contribution in [0.3, 0.4) is 0 Å². The normalized spacial score (nSPS) is 12.2. The molecule has 0 saturated heterocycles. The summed E-state index contributed by atoms with van der Waals surface area (Å²) < 4.78 is 16.7. The van der Waals surface area contributed by atoms with Crippen molar-refractivity contribution in [3.8, 4) is 17.2 Å². The van der Waals surface area contributed by atoms with Crippen molar-refractivity contribution in [2.75, 3.05) is 20.3 Å². The van der Waals surface area contributed by atoms with Gasteiger partial charge < -0.3 is 19.5 Å². The van der Waals surface area contributed by atoms with Crippen LogP contribution in [-0.4, -0.2) is 32.3 Å². The van der Waals surface area contributed by atoms with E-state index in [2.05, 4.69) is 38.2 Å². The van der Waals surface area contributed by atoms with E-state index in [1.165, 1.54) is 5.56 Å². The third kappa shape index (κ3) is 6.48. The number of amides is 1. The number of carbonyl (C=O) groups excluding carboxylic acids is 1. The molecule has 0 fully saturated rings. The molecule has 0 heterocycles. The first kappa shape index (κ1) is 21.6. The van der Waals surface area contributed by atoms with Gasteiger partial charge in [-0.05, 0) is 41.7 Å². The topological polar surface area (TPSA) is 56.8 Å². The van der Waals surface area contributed by atoms with Gasteiger partial charge in [0.15, 0.2) is 6.10 Å². The number of hydrogen-bond donors (Lipinski definition) is 1. The van der Waals surface area contributed by atoms with Gasteiger partial charge in [-0.2, -0.15) is 0 Å². The zero-order valence-corrected chi connectivity index (χ0v) is 17.5. The molecule has 28 heavy (non-hydrogen) atoms. The molecule has 152 valence electrons. The van der Waals surface area contributed by atoms with E-state index in [4.69, 9.17) is 14.2 Å². The second kappa shape index (κ2) is 10.0. The minimum atomic E-state index is -0.557. The molecule has 1 atom stereocenters. The second-order valence-corrected chi connectivity index (χ2v) is 7.61. The summed E-state index contributed by atoms with van der Waals surface area (Å²) >= 11 is 0. The average Bonchev–Trinajstić information content (AvgIpc) is 2.69. The maximum absolute atomic E-state index is 12.4. The molecule has 0 saturated carbocycles. The highest BCUT2D eigenvalue weighted by atomic mass is 16.5. The summed E-state index contributed by atoms with van der Waals surface area (Å²) in [4.78, 5) is 12.4. The van der Waals surface area contributed by atoms with Crippen molar-refractivity contribution in [1.29, 1.82) is 0 Å². The Morgan fingerprint density at radius 1 is 1.04 bits per heavy atom. The lowest BCUT2D eigenvalue weighted by Crippen LogP contribution is -2.39. The van der Waals surface area contributed by atoms with Gasteiger partial charge >= 0.3 is 0 Å². The first-order valence-electron chi connectivity index (χ1n) is 9.65. The van der Waals surface area contributed by atoms with Gasteiger partial charge in [0.25, 0.3) is 5.91 Å². The van der Waals surface area contributed by atoms with Crippen molar-refractivity contribution in [3.63, 3.8) is 0 Å². The number of benzene rings is 2. The second-order valence-electron chi connectivity index (χ2n) is 7.61. The maximum Gasteiger partial charge on any atom is 0.261 e. The molecule has 2 rings (SSSR count). The van der Waals surface area contributed by atoms with E-state index in [-0.39, 0.29) is 11.3 Å². The molecule has 0 radical (unpaired) electrons. The van der Waals surface area contributed by atoms with E-state index in [0.29, 0.717) is 31.1 Å². The number of methoxy groups -OCH3 is 1. The number of rotatable bonds is 9. The molecular weight excluding hydrogens is 354 g/mol. The molecule has 0 unspecified atom stereocenters. The van der Waals surface area contributed by atoms with Crippen molar-refractivity contribution in [2.24, 2.45) is 0 Å². The van der Waals surface area contributed by atoms with Gasteiger partial charge in [0, 0.05) is 6.07 Å². The maximum atomic E-state index is 12.4. The molecule has 0 aliphatic carbocycles. The summed E-state index contributed by atoms with van der Waals surface area (Å²) in [5.74, 6) is 1.94. The van der Waals surface area contributed by atoms with Crippen molar-refractivity contribution in [1.82, 2.24) is 5.32 Å². The van der Waals surface area contributed by atoms with E-state index < -0.39 is 6.10 Å². The van der Waals surface area contributed by atoms with Crippen LogP contribution in [-0.2, 0) is 10.2 Å². The van der Waals surface area contributed by atoms with Crippen LogP contribution in [0.2, 0.25) is 0 Å². The molecule has 0 aromatic heterocycles. The van der Waals surface area contributed by atoms with Crippen LogP contribution >= 0.6 is 0 Å². The summed E-state index contributed by atoms with van der Waals surface area (Å²) in [5.41, 5.74) is 1.37. The molecule has 0 aliphatic heterocycles. The number of carbonyl (C=O) groups is 1. The van der Waals surface area contributed by atoms with Crippen LogP contribution in [0.1, 0.15) is 39.7 Å². The summed E-state index contributed by atoms with van der Waals surface area (Å²) in [5, 5.41) is 2.87. The molecule has 1 amide bonds. The lowest BCUT2D eigenvalue weighted by atomic mass is 9.87. The minimum absolute atomic E-state index is 0.116. The first-order valence-corrected chi connectivity index (χ1v) is 9.65. The van der Waals surface area contributed by atoms with Crippen LogP contribution in [0.4, 0.5) is 0 Å². The number of hydrogen-bond acceptors (Lipinski definition) is 4. The van der Waals surface area contributed by atoms with Crippen LogP contribution in [0.15, 0.2) is 48.5 Å². The summed E-state index contributed by atoms with van der Waals surface area (Å²) in [6.07, 6.45) is 0.0104. The fraction of sp³-hybridized carbons (Fsp3) is 0.435. The van der Waals surface area contributed by atoms with Crippen molar-refractivity contribution in [3.05, 3.63) is 54.1 Å². The predicted molar refractivity (Wildman–Crippen MR) is 111 cm³/mol. The fourth-order valence-electron chi connectivity index (χ4n) is 2.67. The van der Waals surface area contributed by atoms with Gasteiger partial charge in [-0.15, -0.1) is 0 Å². The van der Waals surface area contributed by atoms with Gasteiger partial charge in [0.1, 0.15) is 23.9 Å². The Hall–Kier alpha value is -2.69. The highest BCUT2D eigenvalue weighted by molar-refractivity contribution is 5.81. The van der Waals surface area contributed by atoms with Gasteiger partial charge in [-0.25, -0.2) is 0 Å². The average molecular weight is 386 g/mol. The Morgan fingerprint density at radius 2 is 1.71 bits per heavy atom. The number of ether oxygens (including phenoxy) is 3. The highest BCUT2D eigenvalue weighted by Gasteiger charge is 2.18. The van der Waals surface area contributed by atoms with Crippen LogP contribution in [0.5, 0.6) is 17.2 Å². The molecule has 2 aromatic carbocycles. The predicted octanol–water partition coefficient (Wildman–Crippen LogP) is 4.35. The Morgan fingerprint density at radius 3 is 2.32 bits per heavy atom. The van der Waals surface area contributed by atoms with Crippen molar-refractivity contribution >= 4 is 5.91 Å². The molecule has 5 nitrogen and oxygen atoms in total. The highest BCUT2D eigenvalue weighted by Crippen LogP contribution is 2.24. The van der Waals surface area contributed by atoms with E-state index in [9.17, 15) is 4.79 Å². The monoisotopic (exact) mass is 385 g/mol. The molecule has 1 N–H and O–H groups in total. The number of nitrogens with one attached hydrogen (secondary N) is 1. The summed E-state index contributed by atoms with van der Waals surface area (Å²) in [7, 11) is 1.60.